The Morgan fingerprint density at radius 3 is 2.53 bits per heavy atom. The first-order valence-corrected chi connectivity index (χ1v) is 6.56. The first kappa shape index (κ1) is 13.7. The predicted octanol–water partition coefficient (Wildman–Crippen LogP) is 3.53. The molecule has 4 nitrogen and oxygen atoms in total. The van der Waals surface area contributed by atoms with Crippen LogP contribution in [0.3, 0.4) is 0 Å². The van der Waals surface area contributed by atoms with Gasteiger partial charge in [0.25, 0.3) is 5.91 Å². The SMILES string of the molecule is NC(=O)c1ccc(N)cc1Nc1ccc(Cl)cc1Br. The summed E-state index contributed by atoms with van der Waals surface area (Å²) in [4.78, 5) is 11.4. The lowest BCUT2D eigenvalue weighted by molar-refractivity contribution is 0.100. The average Bonchev–Trinajstić information content (AvgIpc) is 2.32. The number of carbonyl (C=O) groups excluding carboxylic acids is 1. The summed E-state index contributed by atoms with van der Waals surface area (Å²) in [6.45, 7) is 0. The Hall–Kier alpha value is -1.72. The van der Waals surface area contributed by atoms with E-state index in [-0.39, 0.29) is 0 Å². The Kier molecular flexibility index (Phi) is 3.97. The fraction of sp³-hybridized carbons (Fsp3) is 0. The first-order valence-electron chi connectivity index (χ1n) is 5.39. The number of hydrogen-bond donors (Lipinski definition) is 3. The third-order valence-electron chi connectivity index (χ3n) is 2.51. The van der Waals surface area contributed by atoms with Gasteiger partial charge in [-0.05, 0) is 52.3 Å². The zero-order chi connectivity index (χ0) is 14.0. The molecule has 0 aliphatic heterocycles. The molecule has 0 spiro atoms. The van der Waals surface area contributed by atoms with E-state index in [0.717, 1.165) is 10.2 Å². The summed E-state index contributed by atoms with van der Waals surface area (Å²) >= 11 is 9.27. The number of amides is 1. The second-order valence-corrected chi connectivity index (χ2v) is 5.21. The minimum Gasteiger partial charge on any atom is -0.399 e. The second kappa shape index (κ2) is 5.50. The zero-order valence-electron chi connectivity index (χ0n) is 9.78. The van der Waals surface area contributed by atoms with Crippen LogP contribution in [-0.2, 0) is 0 Å². The highest BCUT2D eigenvalue weighted by Crippen LogP contribution is 2.30. The number of benzene rings is 2. The van der Waals surface area contributed by atoms with Gasteiger partial charge < -0.3 is 16.8 Å². The van der Waals surface area contributed by atoms with E-state index < -0.39 is 5.91 Å². The van der Waals surface area contributed by atoms with E-state index in [9.17, 15) is 4.79 Å². The van der Waals surface area contributed by atoms with Gasteiger partial charge in [-0.25, -0.2) is 0 Å². The van der Waals surface area contributed by atoms with E-state index in [1.807, 2.05) is 0 Å². The van der Waals surface area contributed by atoms with Gasteiger partial charge in [0.05, 0.1) is 16.9 Å². The quantitative estimate of drug-likeness (QED) is 0.748. The molecule has 0 atom stereocenters. The van der Waals surface area contributed by atoms with Crippen molar-refractivity contribution >= 4 is 50.5 Å². The molecule has 0 aliphatic carbocycles. The first-order chi connectivity index (χ1) is 8.97. The molecular formula is C13H11BrClN3O. The van der Waals surface area contributed by atoms with Crippen LogP contribution < -0.4 is 16.8 Å². The smallest absolute Gasteiger partial charge is 0.250 e. The highest BCUT2D eigenvalue weighted by Gasteiger charge is 2.10. The van der Waals surface area contributed by atoms with Crippen LogP contribution in [0.1, 0.15) is 10.4 Å². The molecule has 0 saturated carbocycles. The maximum absolute atomic E-state index is 11.4. The van der Waals surface area contributed by atoms with Crippen molar-refractivity contribution in [1.82, 2.24) is 0 Å². The maximum atomic E-state index is 11.4. The highest BCUT2D eigenvalue weighted by atomic mass is 79.9. The topological polar surface area (TPSA) is 81.1 Å². The molecule has 0 bridgehead atoms. The number of anilines is 3. The standard InChI is InChI=1S/C13H11BrClN3O/c14-10-5-7(15)1-4-11(10)18-12-6-8(16)2-3-9(12)13(17)19/h1-6,18H,16H2,(H2,17,19). The molecule has 0 aliphatic rings. The number of nitrogen functional groups attached to an aromatic ring is 1. The number of nitrogens with two attached hydrogens (primary N) is 2. The van der Waals surface area contributed by atoms with Gasteiger partial charge in [-0.1, -0.05) is 11.6 Å². The second-order valence-electron chi connectivity index (χ2n) is 3.92. The van der Waals surface area contributed by atoms with E-state index in [0.29, 0.717) is 22.0 Å². The van der Waals surface area contributed by atoms with Gasteiger partial charge in [0.1, 0.15) is 0 Å². The van der Waals surface area contributed by atoms with E-state index in [4.69, 9.17) is 23.1 Å². The third-order valence-corrected chi connectivity index (χ3v) is 3.40. The van der Waals surface area contributed by atoms with Crippen molar-refractivity contribution in [1.29, 1.82) is 0 Å². The third kappa shape index (κ3) is 3.19. The van der Waals surface area contributed by atoms with Crippen molar-refractivity contribution in [3.63, 3.8) is 0 Å². The van der Waals surface area contributed by atoms with Crippen LogP contribution in [0.25, 0.3) is 0 Å². The fourth-order valence-electron chi connectivity index (χ4n) is 1.62. The summed E-state index contributed by atoms with van der Waals surface area (Å²) in [6.07, 6.45) is 0. The van der Waals surface area contributed by atoms with Crippen LogP contribution in [-0.4, -0.2) is 5.91 Å². The molecular weight excluding hydrogens is 330 g/mol. The van der Waals surface area contributed by atoms with Gasteiger partial charge in [-0.15, -0.1) is 0 Å². The number of nitrogens with one attached hydrogen (secondary N) is 1. The average molecular weight is 341 g/mol. The number of rotatable bonds is 3. The highest BCUT2D eigenvalue weighted by molar-refractivity contribution is 9.10. The molecule has 0 saturated heterocycles. The molecule has 98 valence electrons. The number of halogens is 2. The summed E-state index contributed by atoms with van der Waals surface area (Å²) in [5, 5.41) is 3.72. The van der Waals surface area contributed by atoms with Crippen LogP contribution in [0.15, 0.2) is 40.9 Å². The fourth-order valence-corrected chi connectivity index (χ4v) is 2.40. The molecule has 5 N–H and O–H groups in total. The van der Waals surface area contributed by atoms with Gasteiger partial charge >= 0.3 is 0 Å². The Morgan fingerprint density at radius 1 is 1.16 bits per heavy atom. The van der Waals surface area contributed by atoms with Crippen LogP contribution in [0, 0.1) is 0 Å². The molecule has 0 radical (unpaired) electrons. The summed E-state index contributed by atoms with van der Waals surface area (Å²) < 4.78 is 0.776. The lowest BCUT2D eigenvalue weighted by Gasteiger charge is -2.12. The molecule has 1 amide bonds. The van der Waals surface area contributed by atoms with Crippen molar-refractivity contribution < 1.29 is 4.79 Å². The lowest BCUT2D eigenvalue weighted by atomic mass is 10.1. The molecule has 0 fully saturated rings. The predicted molar refractivity (Wildman–Crippen MR) is 81.8 cm³/mol. The Balaban J connectivity index is 2.42. The van der Waals surface area contributed by atoms with Gasteiger partial charge in [0.2, 0.25) is 0 Å². The van der Waals surface area contributed by atoms with E-state index in [1.54, 1.807) is 36.4 Å². The molecule has 2 aromatic rings. The number of hydrogen-bond acceptors (Lipinski definition) is 3. The van der Waals surface area contributed by atoms with Crippen molar-refractivity contribution in [2.45, 2.75) is 0 Å². The number of primary amides is 1. The summed E-state index contributed by atoms with van der Waals surface area (Å²) in [6, 6.07) is 10.2. The Labute approximate surface area is 123 Å². The van der Waals surface area contributed by atoms with E-state index in [2.05, 4.69) is 21.2 Å². The van der Waals surface area contributed by atoms with E-state index in [1.165, 1.54) is 0 Å². The van der Waals surface area contributed by atoms with Crippen LogP contribution >= 0.6 is 27.5 Å². The molecule has 19 heavy (non-hydrogen) atoms. The molecule has 2 rings (SSSR count). The van der Waals surface area contributed by atoms with Crippen molar-refractivity contribution in [2.24, 2.45) is 5.73 Å². The zero-order valence-corrected chi connectivity index (χ0v) is 12.1. The van der Waals surface area contributed by atoms with Crippen molar-refractivity contribution in [2.75, 3.05) is 11.1 Å². The minimum atomic E-state index is -0.521. The number of carbonyl (C=O) groups is 1. The van der Waals surface area contributed by atoms with Crippen molar-refractivity contribution in [3.05, 3.63) is 51.5 Å². The molecule has 6 heteroatoms. The van der Waals surface area contributed by atoms with Gasteiger partial charge in [0, 0.05) is 15.2 Å². The van der Waals surface area contributed by atoms with Gasteiger partial charge in [0.15, 0.2) is 0 Å². The van der Waals surface area contributed by atoms with Crippen LogP contribution in [0.2, 0.25) is 5.02 Å². The Bertz CT molecular complexity index is 646. The molecule has 0 heterocycles. The van der Waals surface area contributed by atoms with Gasteiger partial charge in [-0.3, -0.25) is 4.79 Å². The molecule has 0 unspecified atom stereocenters. The van der Waals surface area contributed by atoms with E-state index >= 15 is 0 Å². The maximum Gasteiger partial charge on any atom is 0.250 e. The summed E-state index contributed by atoms with van der Waals surface area (Å²) in [5.74, 6) is -0.521. The monoisotopic (exact) mass is 339 g/mol. The summed E-state index contributed by atoms with van der Waals surface area (Å²) in [7, 11) is 0. The Morgan fingerprint density at radius 2 is 1.89 bits per heavy atom. The van der Waals surface area contributed by atoms with Gasteiger partial charge in [-0.2, -0.15) is 0 Å². The normalized spacial score (nSPS) is 10.2. The molecule has 0 aromatic heterocycles. The van der Waals surface area contributed by atoms with Crippen LogP contribution in [0.4, 0.5) is 17.1 Å². The van der Waals surface area contributed by atoms with Crippen LogP contribution in [0.5, 0.6) is 0 Å². The van der Waals surface area contributed by atoms with Crippen molar-refractivity contribution in [3.8, 4) is 0 Å². The molecule has 2 aromatic carbocycles. The lowest BCUT2D eigenvalue weighted by Crippen LogP contribution is -2.13. The summed E-state index contributed by atoms with van der Waals surface area (Å²) in [5.41, 5.74) is 13.3. The largest absolute Gasteiger partial charge is 0.399 e. The minimum absolute atomic E-state index is 0.371.